The van der Waals surface area contributed by atoms with Crippen molar-refractivity contribution in [2.45, 2.75) is 19.3 Å². The average Bonchev–Trinajstić information content (AvgIpc) is 2.32. The van der Waals surface area contributed by atoms with Crippen LogP contribution >= 0.6 is 0 Å². The lowest BCUT2D eigenvalue weighted by Gasteiger charge is -2.10. The van der Waals surface area contributed by atoms with Gasteiger partial charge in [0.15, 0.2) is 0 Å². The highest BCUT2D eigenvalue weighted by atomic mass is 16.4. The fourth-order valence-corrected chi connectivity index (χ4v) is 1.60. The van der Waals surface area contributed by atoms with Crippen LogP contribution in [0.5, 0.6) is 0 Å². The average molecular weight is 157 g/mol. The standard InChI is InChI=1S/C7H11NO3/c8-6(9)4-2-1-3-5(4)7(10)11/h4-5H,1-3H2,(H2,8,9)(H,10,11)/t4-,5-/m0/s1. The molecule has 0 heterocycles. The van der Waals surface area contributed by atoms with Crippen molar-refractivity contribution in [3.05, 3.63) is 0 Å². The van der Waals surface area contributed by atoms with Crippen molar-refractivity contribution in [2.24, 2.45) is 17.6 Å². The quantitative estimate of drug-likeness (QED) is 0.590. The Balaban J connectivity index is 2.65. The number of carbonyl (C=O) groups is 2. The molecular formula is C7H11NO3. The number of amides is 1. The maximum absolute atomic E-state index is 10.7. The molecule has 0 aliphatic heterocycles. The van der Waals surface area contributed by atoms with Crippen molar-refractivity contribution in [3.63, 3.8) is 0 Å². The molecule has 1 fully saturated rings. The van der Waals surface area contributed by atoms with E-state index in [0.29, 0.717) is 12.8 Å². The van der Waals surface area contributed by atoms with E-state index in [2.05, 4.69) is 0 Å². The maximum atomic E-state index is 10.7. The number of primary amides is 1. The van der Waals surface area contributed by atoms with Gasteiger partial charge in [-0.15, -0.1) is 0 Å². The van der Waals surface area contributed by atoms with E-state index in [1.807, 2.05) is 0 Å². The third-order valence-electron chi connectivity index (χ3n) is 2.20. The van der Waals surface area contributed by atoms with Gasteiger partial charge in [0.2, 0.25) is 5.91 Å². The molecule has 1 aliphatic carbocycles. The first kappa shape index (κ1) is 8.04. The number of aliphatic carboxylic acids is 1. The molecule has 1 saturated carbocycles. The van der Waals surface area contributed by atoms with E-state index in [4.69, 9.17) is 10.8 Å². The van der Waals surface area contributed by atoms with Gasteiger partial charge in [0.05, 0.1) is 11.8 Å². The number of carboxylic acid groups (broad SMARTS) is 1. The van der Waals surface area contributed by atoms with Crippen molar-refractivity contribution in [1.29, 1.82) is 0 Å². The van der Waals surface area contributed by atoms with Crippen molar-refractivity contribution in [3.8, 4) is 0 Å². The number of carbonyl (C=O) groups excluding carboxylic acids is 1. The van der Waals surface area contributed by atoms with Gasteiger partial charge in [-0.1, -0.05) is 6.42 Å². The van der Waals surface area contributed by atoms with Gasteiger partial charge in [-0.3, -0.25) is 9.59 Å². The molecule has 3 N–H and O–H groups in total. The predicted octanol–water partition coefficient (Wildman–Crippen LogP) is -0.0274. The third-order valence-corrected chi connectivity index (χ3v) is 2.20. The Morgan fingerprint density at radius 2 is 1.82 bits per heavy atom. The molecule has 11 heavy (non-hydrogen) atoms. The van der Waals surface area contributed by atoms with Crippen LogP contribution in [0.4, 0.5) is 0 Å². The Morgan fingerprint density at radius 1 is 1.27 bits per heavy atom. The van der Waals surface area contributed by atoms with Crippen molar-refractivity contribution >= 4 is 11.9 Å². The lowest BCUT2D eigenvalue weighted by Crippen LogP contribution is -2.30. The second-order valence-corrected chi connectivity index (χ2v) is 2.88. The molecule has 4 nitrogen and oxygen atoms in total. The maximum Gasteiger partial charge on any atom is 0.307 e. The first-order valence-corrected chi connectivity index (χ1v) is 3.65. The van der Waals surface area contributed by atoms with E-state index < -0.39 is 23.7 Å². The van der Waals surface area contributed by atoms with Gasteiger partial charge in [-0.2, -0.15) is 0 Å². The Bertz CT molecular complexity index is 170. The van der Waals surface area contributed by atoms with Gasteiger partial charge in [0.1, 0.15) is 0 Å². The largest absolute Gasteiger partial charge is 0.481 e. The highest BCUT2D eigenvalue weighted by Crippen LogP contribution is 2.31. The number of hydrogen-bond acceptors (Lipinski definition) is 2. The molecule has 0 aromatic heterocycles. The van der Waals surface area contributed by atoms with Crippen LogP contribution in [0.2, 0.25) is 0 Å². The first-order chi connectivity index (χ1) is 5.13. The Labute approximate surface area is 64.4 Å². The summed E-state index contributed by atoms with van der Waals surface area (Å²) >= 11 is 0. The van der Waals surface area contributed by atoms with Crippen molar-refractivity contribution < 1.29 is 14.7 Å². The lowest BCUT2D eigenvalue weighted by atomic mass is 9.96. The van der Waals surface area contributed by atoms with E-state index in [0.717, 1.165) is 6.42 Å². The molecule has 1 amide bonds. The summed E-state index contributed by atoms with van der Waals surface area (Å²) < 4.78 is 0. The van der Waals surface area contributed by atoms with E-state index in [9.17, 15) is 9.59 Å². The van der Waals surface area contributed by atoms with Gasteiger partial charge >= 0.3 is 5.97 Å². The van der Waals surface area contributed by atoms with Crippen LogP contribution in [0.3, 0.4) is 0 Å². The van der Waals surface area contributed by atoms with Gasteiger partial charge in [0, 0.05) is 0 Å². The first-order valence-electron chi connectivity index (χ1n) is 3.65. The van der Waals surface area contributed by atoms with Crippen LogP contribution < -0.4 is 5.73 Å². The summed E-state index contributed by atoms with van der Waals surface area (Å²) in [5, 5.41) is 8.62. The molecule has 4 heteroatoms. The predicted molar refractivity (Wildman–Crippen MR) is 37.7 cm³/mol. The van der Waals surface area contributed by atoms with Crippen LogP contribution in [0.25, 0.3) is 0 Å². The molecule has 0 bridgehead atoms. The summed E-state index contributed by atoms with van der Waals surface area (Å²) in [6.45, 7) is 0. The molecule has 1 rings (SSSR count). The molecular weight excluding hydrogens is 146 g/mol. The molecule has 1 aliphatic rings. The van der Waals surface area contributed by atoms with Crippen LogP contribution in [-0.4, -0.2) is 17.0 Å². The number of carboxylic acids is 1. The Kier molecular flexibility index (Phi) is 2.12. The van der Waals surface area contributed by atoms with Gasteiger partial charge in [0.25, 0.3) is 0 Å². The van der Waals surface area contributed by atoms with E-state index >= 15 is 0 Å². The van der Waals surface area contributed by atoms with Crippen molar-refractivity contribution in [1.82, 2.24) is 0 Å². The summed E-state index contributed by atoms with van der Waals surface area (Å²) in [4.78, 5) is 21.2. The number of rotatable bonds is 2. The zero-order valence-electron chi connectivity index (χ0n) is 6.12. The molecule has 0 radical (unpaired) electrons. The Hall–Kier alpha value is -1.06. The molecule has 0 aromatic rings. The molecule has 0 unspecified atom stereocenters. The van der Waals surface area contributed by atoms with Gasteiger partial charge < -0.3 is 10.8 Å². The Morgan fingerprint density at radius 3 is 2.18 bits per heavy atom. The zero-order chi connectivity index (χ0) is 8.43. The fourth-order valence-electron chi connectivity index (χ4n) is 1.60. The second-order valence-electron chi connectivity index (χ2n) is 2.88. The summed E-state index contributed by atoms with van der Waals surface area (Å²) in [6.07, 6.45) is 2.01. The van der Waals surface area contributed by atoms with E-state index in [-0.39, 0.29) is 0 Å². The second kappa shape index (κ2) is 2.90. The smallest absolute Gasteiger partial charge is 0.307 e. The molecule has 62 valence electrons. The van der Waals surface area contributed by atoms with Crippen LogP contribution in [-0.2, 0) is 9.59 Å². The summed E-state index contributed by atoms with van der Waals surface area (Å²) in [6, 6.07) is 0. The third kappa shape index (κ3) is 1.50. The SMILES string of the molecule is NC(=O)[C@H]1CCC[C@@H]1C(=O)O. The van der Waals surface area contributed by atoms with Crippen LogP contribution in [0.1, 0.15) is 19.3 Å². The van der Waals surface area contributed by atoms with Crippen LogP contribution in [0.15, 0.2) is 0 Å². The summed E-state index contributed by atoms with van der Waals surface area (Å²) in [7, 11) is 0. The van der Waals surface area contributed by atoms with Crippen molar-refractivity contribution in [2.75, 3.05) is 0 Å². The molecule has 0 aromatic carbocycles. The normalized spacial score (nSPS) is 30.2. The monoisotopic (exact) mass is 157 g/mol. The minimum absolute atomic E-state index is 0.438. The summed E-state index contributed by atoms with van der Waals surface area (Å²) in [5.74, 6) is -2.35. The zero-order valence-corrected chi connectivity index (χ0v) is 6.12. The summed E-state index contributed by atoms with van der Waals surface area (Å²) in [5.41, 5.74) is 5.02. The molecule has 0 saturated heterocycles. The highest BCUT2D eigenvalue weighted by Gasteiger charge is 2.36. The van der Waals surface area contributed by atoms with Gasteiger partial charge in [-0.25, -0.2) is 0 Å². The fraction of sp³-hybridized carbons (Fsp3) is 0.714. The molecule has 0 spiro atoms. The number of nitrogens with two attached hydrogens (primary N) is 1. The highest BCUT2D eigenvalue weighted by molar-refractivity contribution is 5.83. The lowest BCUT2D eigenvalue weighted by molar-refractivity contribution is -0.145. The van der Waals surface area contributed by atoms with E-state index in [1.54, 1.807) is 0 Å². The topological polar surface area (TPSA) is 80.4 Å². The van der Waals surface area contributed by atoms with Gasteiger partial charge in [-0.05, 0) is 12.8 Å². The molecule has 2 atom stereocenters. The minimum atomic E-state index is -0.897. The van der Waals surface area contributed by atoms with Crippen LogP contribution in [0, 0.1) is 11.8 Å². The number of hydrogen-bond donors (Lipinski definition) is 2. The minimum Gasteiger partial charge on any atom is -0.481 e. The van der Waals surface area contributed by atoms with E-state index in [1.165, 1.54) is 0 Å².